The lowest BCUT2D eigenvalue weighted by molar-refractivity contribution is -0.126. The standard InChI is InChI=1S/C13H16N2O3/c1-18-7-6-14-13(17)10-8-12(16)15-11-5-3-2-4-9(10)11/h2-5,10H,6-8H2,1H3,(H,14,17)(H,15,16). The molecule has 0 saturated carbocycles. The molecule has 1 aliphatic rings. The van der Waals surface area contributed by atoms with Crippen LogP contribution in [0.1, 0.15) is 17.9 Å². The van der Waals surface area contributed by atoms with E-state index in [4.69, 9.17) is 4.74 Å². The van der Waals surface area contributed by atoms with Crippen LogP contribution in [0, 0.1) is 0 Å². The van der Waals surface area contributed by atoms with Crippen molar-refractivity contribution in [2.45, 2.75) is 12.3 Å². The maximum absolute atomic E-state index is 12.0. The van der Waals surface area contributed by atoms with Gasteiger partial charge in [0, 0.05) is 25.8 Å². The van der Waals surface area contributed by atoms with Gasteiger partial charge in [-0.15, -0.1) is 0 Å². The number of amides is 2. The maximum atomic E-state index is 12.0. The molecule has 1 aliphatic heterocycles. The molecule has 1 atom stereocenters. The van der Waals surface area contributed by atoms with Crippen LogP contribution in [-0.4, -0.2) is 32.1 Å². The molecule has 0 fully saturated rings. The van der Waals surface area contributed by atoms with E-state index in [9.17, 15) is 9.59 Å². The first kappa shape index (κ1) is 12.6. The summed E-state index contributed by atoms with van der Waals surface area (Å²) in [7, 11) is 1.58. The van der Waals surface area contributed by atoms with Gasteiger partial charge >= 0.3 is 0 Å². The Bertz CT molecular complexity index is 459. The average molecular weight is 248 g/mol. The Morgan fingerprint density at radius 2 is 2.28 bits per heavy atom. The summed E-state index contributed by atoms with van der Waals surface area (Å²) in [5.74, 6) is -0.665. The van der Waals surface area contributed by atoms with E-state index in [2.05, 4.69) is 10.6 Å². The summed E-state index contributed by atoms with van der Waals surface area (Å²) in [6.45, 7) is 0.919. The first-order valence-corrected chi connectivity index (χ1v) is 5.88. The summed E-state index contributed by atoms with van der Waals surface area (Å²) in [5.41, 5.74) is 1.59. The first-order valence-electron chi connectivity index (χ1n) is 5.88. The molecule has 1 heterocycles. The number of para-hydroxylation sites is 1. The number of hydrogen-bond acceptors (Lipinski definition) is 3. The Labute approximate surface area is 106 Å². The topological polar surface area (TPSA) is 67.4 Å². The van der Waals surface area contributed by atoms with Gasteiger partial charge in [-0.1, -0.05) is 18.2 Å². The average Bonchev–Trinajstić information content (AvgIpc) is 2.38. The second-order valence-electron chi connectivity index (χ2n) is 4.18. The summed E-state index contributed by atoms with van der Waals surface area (Å²) in [5, 5.41) is 5.54. The summed E-state index contributed by atoms with van der Waals surface area (Å²) in [6, 6.07) is 7.38. The summed E-state index contributed by atoms with van der Waals surface area (Å²) >= 11 is 0. The van der Waals surface area contributed by atoms with Gasteiger partial charge in [-0.25, -0.2) is 0 Å². The number of hydrogen-bond donors (Lipinski definition) is 2. The molecule has 1 unspecified atom stereocenters. The molecule has 0 aromatic heterocycles. The summed E-state index contributed by atoms with van der Waals surface area (Å²) in [6.07, 6.45) is 0.190. The number of rotatable bonds is 4. The third-order valence-corrected chi connectivity index (χ3v) is 2.92. The van der Waals surface area contributed by atoms with Gasteiger partial charge in [-0.05, 0) is 11.6 Å². The molecule has 2 amide bonds. The molecule has 5 nitrogen and oxygen atoms in total. The quantitative estimate of drug-likeness (QED) is 0.777. The van der Waals surface area contributed by atoms with Crippen LogP contribution in [0.15, 0.2) is 24.3 Å². The molecule has 5 heteroatoms. The maximum Gasteiger partial charge on any atom is 0.228 e. The van der Waals surface area contributed by atoms with E-state index in [1.54, 1.807) is 7.11 Å². The van der Waals surface area contributed by atoms with Crippen LogP contribution in [0.2, 0.25) is 0 Å². The lowest BCUT2D eigenvalue weighted by Gasteiger charge is -2.24. The van der Waals surface area contributed by atoms with Crippen molar-refractivity contribution in [2.75, 3.05) is 25.6 Å². The highest BCUT2D eigenvalue weighted by molar-refractivity contribution is 6.01. The molecule has 2 N–H and O–H groups in total. The van der Waals surface area contributed by atoms with E-state index in [-0.39, 0.29) is 18.2 Å². The minimum atomic E-state index is -0.410. The van der Waals surface area contributed by atoms with E-state index in [0.29, 0.717) is 13.2 Å². The molecule has 18 heavy (non-hydrogen) atoms. The van der Waals surface area contributed by atoms with Gasteiger partial charge in [-0.2, -0.15) is 0 Å². The third-order valence-electron chi connectivity index (χ3n) is 2.92. The number of carbonyl (C=O) groups is 2. The van der Waals surface area contributed by atoms with E-state index in [0.717, 1.165) is 11.3 Å². The molecular weight excluding hydrogens is 232 g/mol. The first-order chi connectivity index (χ1) is 8.72. The van der Waals surface area contributed by atoms with Gasteiger partial charge in [0.2, 0.25) is 11.8 Å². The van der Waals surface area contributed by atoms with Gasteiger partial charge < -0.3 is 15.4 Å². The molecular formula is C13H16N2O3. The van der Waals surface area contributed by atoms with Crippen molar-refractivity contribution >= 4 is 17.5 Å². The van der Waals surface area contributed by atoms with Crippen molar-refractivity contribution in [1.82, 2.24) is 5.32 Å². The molecule has 2 rings (SSSR count). The molecule has 0 radical (unpaired) electrons. The van der Waals surface area contributed by atoms with Crippen LogP contribution in [-0.2, 0) is 14.3 Å². The number of fused-ring (bicyclic) bond motifs is 1. The minimum Gasteiger partial charge on any atom is -0.383 e. The number of methoxy groups -OCH3 is 1. The highest BCUT2D eigenvalue weighted by Crippen LogP contribution is 2.31. The third kappa shape index (κ3) is 2.68. The zero-order valence-corrected chi connectivity index (χ0v) is 10.2. The fourth-order valence-electron chi connectivity index (χ4n) is 2.04. The van der Waals surface area contributed by atoms with Gasteiger partial charge in [0.25, 0.3) is 0 Å². The zero-order chi connectivity index (χ0) is 13.0. The number of carbonyl (C=O) groups excluding carboxylic acids is 2. The smallest absolute Gasteiger partial charge is 0.228 e. The minimum absolute atomic E-state index is 0.124. The van der Waals surface area contributed by atoms with Crippen molar-refractivity contribution in [3.63, 3.8) is 0 Å². The Hall–Kier alpha value is -1.88. The second-order valence-corrected chi connectivity index (χ2v) is 4.18. The van der Waals surface area contributed by atoms with E-state index in [1.165, 1.54) is 0 Å². The van der Waals surface area contributed by atoms with Crippen LogP contribution in [0.5, 0.6) is 0 Å². The number of nitrogens with one attached hydrogen (secondary N) is 2. The van der Waals surface area contributed by atoms with E-state index < -0.39 is 5.92 Å². The Balaban J connectivity index is 2.13. The highest BCUT2D eigenvalue weighted by Gasteiger charge is 2.29. The van der Waals surface area contributed by atoms with Gasteiger partial charge in [0.1, 0.15) is 0 Å². The van der Waals surface area contributed by atoms with Crippen molar-refractivity contribution in [1.29, 1.82) is 0 Å². The molecule has 0 spiro atoms. The van der Waals surface area contributed by atoms with Gasteiger partial charge in [-0.3, -0.25) is 9.59 Å². The summed E-state index contributed by atoms with van der Waals surface area (Å²) in [4.78, 5) is 23.6. The van der Waals surface area contributed by atoms with Crippen LogP contribution < -0.4 is 10.6 Å². The Morgan fingerprint density at radius 1 is 1.50 bits per heavy atom. The number of anilines is 1. The molecule has 0 bridgehead atoms. The predicted octanol–water partition coefficient (Wildman–Crippen LogP) is 0.875. The van der Waals surface area contributed by atoms with Crippen LogP contribution in [0.25, 0.3) is 0 Å². The molecule has 1 aromatic rings. The monoisotopic (exact) mass is 248 g/mol. The van der Waals surface area contributed by atoms with Crippen LogP contribution >= 0.6 is 0 Å². The molecule has 0 aliphatic carbocycles. The normalized spacial score (nSPS) is 17.8. The lowest BCUT2D eigenvalue weighted by atomic mass is 9.90. The Kier molecular flexibility index (Phi) is 3.94. The molecule has 96 valence electrons. The largest absolute Gasteiger partial charge is 0.383 e. The van der Waals surface area contributed by atoms with E-state index >= 15 is 0 Å². The SMILES string of the molecule is COCCNC(=O)C1CC(=O)Nc2ccccc21. The van der Waals surface area contributed by atoms with Gasteiger partial charge in [0.15, 0.2) is 0 Å². The Morgan fingerprint density at radius 3 is 3.06 bits per heavy atom. The second kappa shape index (κ2) is 5.64. The van der Waals surface area contributed by atoms with Crippen LogP contribution in [0.3, 0.4) is 0 Å². The highest BCUT2D eigenvalue weighted by atomic mass is 16.5. The lowest BCUT2D eigenvalue weighted by Crippen LogP contribution is -2.36. The number of benzene rings is 1. The zero-order valence-electron chi connectivity index (χ0n) is 10.2. The molecule has 0 saturated heterocycles. The van der Waals surface area contributed by atoms with Crippen molar-refractivity contribution in [3.05, 3.63) is 29.8 Å². The van der Waals surface area contributed by atoms with Gasteiger partial charge in [0.05, 0.1) is 12.5 Å². The fraction of sp³-hybridized carbons (Fsp3) is 0.385. The van der Waals surface area contributed by atoms with Crippen molar-refractivity contribution in [3.8, 4) is 0 Å². The fourth-order valence-corrected chi connectivity index (χ4v) is 2.04. The van der Waals surface area contributed by atoms with Crippen molar-refractivity contribution < 1.29 is 14.3 Å². The number of ether oxygens (including phenoxy) is 1. The van der Waals surface area contributed by atoms with Crippen LogP contribution in [0.4, 0.5) is 5.69 Å². The molecule has 1 aromatic carbocycles. The van der Waals surface area contributed by atoms with E-state index in [1.807, 2.05) is 24.3 Å². The van der Waals surface area contributed by atoms with Crippen molar-refractivity contribution in [2.24, 2.45) is 0 Å². The summed E-state index contributed by atoms with van der Waals surface area (Å²) < 4.78 is 4.88. The predicted molar refractivity (Wildman–Crippen MR) is 67.3 cm³/mol.